The zero-order valence-corrected chi connectivity index (χ0v) is 10.7. The number of fused-ring (bicyclic) bond motifs is 1. The highest BCUT2D eigenvalue weighted by Gasteiger charge is 2.14. The van der Waals surface area contributed by atoms with E-state index in [0.29, 0.717) is 5.92 Å². The van der Waals surface area contributed by atoms with Crippen LogP contribution in [-0.2, 0) is 0 Å². The molecule has 0 aliphatic carbocycles. The molecule has 0 bridgehead atoms. The second-order valence-corrected chi connectivity index (χ2v) is 6.13. The number of hydrogen-bond acceptors (Lipinski definition) is 3. The first-order chi connectivity index (χ1) is 7.20. The molecule has 3 heteroatoms. The molecule has 1 nitrogen and oxygen atoms in total. The van der Waals surface area contributed by atoms with Gasteiger partial charge in [-0.1, -0.05) is 20.3 Å². The summed E-state index contributed by atoms with van der Waals surface area (Å²) in [5, 5.41) is 12.2. The van der Waals surface area contributed by atoms with Gasteiger partial charge in [-0.25, -0.2) is 0 Å². The normalized spacial score (nSPS) is 15.7. The van der Waals surface area contributed by atoms with E-state index in [2.05, 4.69) is 31.4 Å². The summed E-state index contributed by atoms with van der Waals surface area (Å²) in [6.07, 6.45) is 1.74. The van der Waals surface area contributed by atoms with Crippen molar-refractivity contribution in [2.24, 2.45) is 5.92 Å². The van der Waals surface area contributed by atoms with Crippen LogP contribution in [0.4, 0.5) is 0 Å². The fraction of sp³-hybridized carbons (Fsp3) is 0.500. The first-order valence-electron chi connectivity index (χ1n) is 5.35. The molecule has 0 fully saturated rings. The third-order valence-electron chi connectivity index (χ3n) is 2.81. The summed E-state index contributed by atoms with van der Waals surface area (Å²) >= 11 is 3.47. The summed E-state index contributed by atoms with van der Waals surface area (Å²) in [5.74, 6) is 0.597. The predicted octanol–water partition coefficient (Wildman–Crippen LogP) is 4.43. The Kier molecular flexibility index (Phi) is 3.44. The molecule has 0 aliphatic rings. The molecule has 0 spiro atoms. The molecule has 0 aliphatic heterocycles. The number of rotatable bonds is 4. The summed E-state index contributed by atoms with van der Waals surface area (Å²) in [4.78, 5) is 1.12. The van der Waals surface area contributed by atoms with Crippen molar-refractivity contribution in [3.63, 3.8) is 0 Å². The summed E-state index contributed by atoms with van der Waals surface area (Å²) in [6.45, 7) is 4.36. The van der Waals surface area contributed by atoms with Crippen LogP contribution in [0.15, 0.2) is 17.5 Å². The molecular weight excluding hydrogens is 224 g/mol. The van der Waals surface area contributed by atoms with Gasteiger partial charge in [0.05, 0.1) is 6.10 Å². The minimum Gasteiger partial charge on any atom is -0.388 e. The van der Waals surface area contributed by atoms with Crippen molar-refractivity contribution in [1.82, 2.24) is 0 Å². The van der Waals surface area contributed by atoms with Crippen LogP contribution in [0.2, 0.25) is 0 Å². The molecule has 2 aromatic rings. The quantitative estimate of drug-likeness (QED) is 0.838. The molecular formula is C12H16OS2. The van der Waals surface area contributed by atoms with Crippen molar-refractivity contribution in [3.05, 3.63) is 22.4 Å². The van der Waals surface area contributed by atoms with E-state index >= 15 is 0 Å². The molecule has 2 rings (SSSR count). The topological polar surface area (TPSA) is 20.2 Å². The van der Waals surface area contributed by atoms with Crippen molar-refractivity contribution in [1.29, 1.82) is 0 Å². The lowest BCUT2D eigenvalue weighted by Gasteiger charge is -2.12. The molecule has 0 radical (unpaired) electrons. The van der Waals surface area contributed by atoms with Gasteiger partial charge in [0.1, 0.15) is 0 Å². The second kappa shape index (κ2) is 4.64. The van der Waals surface area contributed by atoms with E-state index in [-0.39, 0.29) is 6.10 Å². The Labute approximate surface area is 98.4 Å². The Morgan fingerprint density at radius 1 is 1.40 bits per heavy atom. The predicted molar refractivity (Wildman–Crippen MR) is 68.7 cm³/mol. The molecule has 2 atom stereocenters. The van der Waals surface area contributed by atoms with Gasteiger partial charge in [-0.05, 0) is 29.9 Å². The molecule has 2 unspecified atom stereocenters. The highest BCUT2D eigenvalue weighted by Crippen LogP contribution is 2.35. The Morgan fingerprint density at radius 2 is 2.20 bits per heavy atom. The number of aliphatic hydroxyl groups is 1. The second-order valence-electron chi connectivity index (χ2n) is 4.06. The van der Waals surface area contributed by atoms with Crippen LogP contribution in [-0.4, -0.2) is 5.11 Å². The summed E-state index contributed by atoms with van der Waals surface area (Å²) < 4.78 is 2.61. The first-order valence-corrected chi connectivity index (χ1v) is 7.05. The summed E-state index contributed by atoms with van der Waals surface area (Å²) in [5.41, 5.74) is 0. The lowest BCUT2D eigenvalue weighted by molar-refractivity contribution is 0.150. The maximum absolute atomic E-state index is 10.1. The molecule has 15 heavy (non-hydrogen) atoms. The van der Waals surface area contributed by atoms with Gasteiger partial charge in [0.15, 0.2) is 0 Å². The Morgan fingerprint density at radius 3 is 2.87 bits per heavy atom. The van der Waals surface area contributed by atoms with Gasteiger partial charge in [-0.2, -0.15) is 0 Å². The smallest absolute Gasteiger partial charge is 0.0885 e. The fourth-order valence-electron chi connectivity index (χ4n) is 1.61. The molecule has 82 valence electrons. The average molecular weight is 240 g/mol. The minimum atomic E-state index is -0.274. The molecule has 2 heterocycles. The summed E-state index contributed by atoms with van der Waals surface area (Å²) in [7, 11) is 0. The van der Waals surface area contributed by atoms with E-state index in [4.69, 9.17) is 0 Å². The van der Waals surface area contributed by atoms with Crippen molar-refractivity contribution in [3.8, 4) is 0 Å². The zero-order valence-electron chi connectivity index (χ0n) is 9.06. The molecule has 0 amide bonds. The van der Waals surface area contributed by atoms with Crippen molar-refractivity contribution in [2.45, 2.75) is 32.8 Å². The van der Waals surface area contributed by atoms with E-state index in [0.717, 1.165) is 17.7 Å². The first kappa shape index (κ1) is 11.1. The van der Waals surface area contributed by atoms with Gasteiger partial charge >= 0.3 is 0 Å². The van der Waals surface area contributed by atoms with Crippen molar-refractivity contribution >= 4 is 32.1 Å². The maximum Gasteiger partial charge on any atom is 0.0885 e. The lowest BCUT2D eigenvalue weighted by Crippen LogP contribution is -2.01. The van der Waals surface area contributed by atoms with Crippen molar-refractivity contribution < 1.29 is 5.11 Å². The lowest BCUT2D eigenvalue weighted by atomic mass is 10.0. The Hall–Kier alpha value is -0.380. The fourth-order valence-corrected chi connectivity index (χ4v) is 3.73. The molecule has 0 aromatic carbocycles. The van der Waals surface area contributed by atoms with Gasteiger partial charge in [-0.3, -0.25) is 0 Å². The maximum atomic E-state index is 10.1. The zero-order chi connectivity index (χ0) is 10.8. The van der Waals surface area contributed by atoms with Crippen LogP contribution >= 0.6 is 22.7 Å². The number of hydrogen-bond donors (Lipinski definition) is 1. The monoisotopic (exact) mass is 240 g/mol. The molecule has 1 N–H and O–H groups in total. The van der Waals surface area contributed by atoms with Crippen LogP contribution in [0.25, 0.3) is 9.40 Å². The Balaban J connectivity index is 2.13. The molecule has 2 aromatic heterocycles. The highest BCUT2D eigenvalue weighted by atomic mass is 32.1. The van der Waals surface area contributed by atoms with E-state index in [1.54, 1.807) is 22.7 Å². The van der Waals surface area contributed by atoms with Gasteiger partial charge in [0.25, 0.3) is 0 Å². The van der Waals surface area contributed by atoms with Crippen LogP contribution in [0.5, 0.6) is 0 Å². The van der Waals surface area contributed by atoms with Crippen LogP contribution in [0.3, 0.4) is 0 Å². The number of aliphatic hydroxyl groups excluding tert-OH is 1. The molecule has 0 saturated heterocycles. The average Bonchev–Trinajstić information content (AvgIpc) is 2.76. The largest absolute Gasteiger partial charge is 0.388 e. The molecule has 0 saturated carbocycles. The van der Waals surface area contributed by atoms with Crippen molar-refractivity contribution in [2.75, 3.05) is 0 Å². The third-order valence-corrected chi connectivity index (χ3v) is 5.00. The van der Waals surface area contributed by atoms with E-state index in [1.807, 2.05) is 0 Å². The van der Waals surface area contributed by atoms with E-state index < -0.39 is 0 Å². The third kappa shape index (κ3) is 2.41. The van der Waals surface area contributed by atoms with Crippen LogP contribution in [0.1, 0.15) is 37.7 Å². The SMILES string of the molecule is CCC(C)CC(O)c1cc2sccc2s1. The standard InChI is InChI=1S/C12H16OS2/c1-3-8(2)6-9(13)11-7-12-10(15-11)4-5-14-12/h4-5,7-9,13H,3,6H2,1-2H3. The highest BCUT2D eigenvalue weighted by molar-refractivity contribution is 7.26. The summed E-state index contributed by atoms with van der Waals surface area (Å²) in [6, 6.07) is 4.27. The van der Waals surface area contributed by atoms with E-state index in [9.17, 15) is 5.11 Å². The van der Waals surface area contributed by atoms with Gasteiger partial charge < -0.3 is 5.11 Å². The number of thiophene rings is 2. The Bertz CT molecular complexity index is 401. The van der Waals surface area contributed by atoms with E-state index in [1.165, 1.54) is 9.40 Å². The van der Waals surface area contributed by atoms with Crippen LogP contribution < -0.4 is 0 Å². The van der Waals surface area contributed by atoms with Crippen LogP contribution in [0, 0.1) is 5.92 Å². The van der Waals surface area contributed by atoms with Gasteiger partial charge in [0, 0.05) is 14.3 Å². The van der Waals surface area contributed by atoms with Gasteiger partial charge in [0.2, 0.25) is 0 Å². The minimum absolute atomic E-state index is 0.274. The van der Waals surface area contributed by atoms with Gasteiger partial charge in [-0.15, -0.1) is 22.7 Å².